The molecule has 0 unspecified atom stereocenters. The highest BCUT2D eigenvalue weighted by atomic mass is 127. The van der Waals surface area contributed by atoms with E-state index in [0.29, 0.717) is 13.2 Å². The molecule has 1 rings (SSSR count). The summed E-state index contributed by atoms with van der Waals surface area (Å²) in [4.78, 5) is 9.77. The van der Waals surface area contributed by atoms with Gasteiger partial charge in [0.1, 0.15) is 5.01 Å². The molecule has 0 aliphatic rings. The highest BCUT2D eigenvalue weighted by molar-refractivity contribution is 14.0. The summed E-state index contributed by atoms with van der Waals surface area (Å²) >= 11 is 1.73. The molecule has 0 atom stereocenters. The van der Waals surface area contributed by atoms with E-state index >= 15 is 0 Å². The Kier molecular flexibility index (Phi) is 10.3. The smallest absolute Gasteiger partial charge is 0.191 e. The quantitative estimate of drug-likeness (QED) is 0.339. The normalized spacial score (nSPS) is 10.9. The molecule has 18 heavy (non-hydrogen) atoms. The third-order valence-electron chi connectivity index (χ3n) is 2.18. The van der Waals surface area contributed by atoms with Crippen molar-refractivity contribution in [2.75, 3.05) is 27.3 Å². The van der Waals surface area contributed by atoms with Gasteiger partial charge in [-0.05, 0) is 6.42 Å². The first kappa shape index (κ1) is 17.6. The van der Waals surface area contributed by atoms with Crippen molar-refractivity contribution in [3.8, 4) is 0 Å². The lowest BCUT2D eigenvalue weighted by molar-refractivity contribution is 0.203. The zero-order valence-corrected chi connectivity index (χ0v) is 14.2. The highest BCUT2D eigenvalue weighted by Crippen LogP contribution is 2.12. The minimum atomic E-state index is 0. The van der Waals surface area contributed by atoms with Gasteiger partial charge in [0, 0.05) is 31.8 Å². The van der Waals surface area contributed by atoms with Crippen LogP contribution in [0.5, 0.6) is 0 Å². The number of halogens is 1. The maximum absolute atomic E-state index is 4.96. The molecule has 0 bridgehead atoms. The molecule has 0 saturated carbocycles. The molecule has 1 aromatic rings. The third kappa shape index (κ3) is 6.50. The first-order valence-electron chi connectivity index (χ1n) is 5.67. The van der Waals surface area contributed by atoms with Crippen LogP contribution in [0.4, 0.5) is 0 Å². The van der Waals surface area contributed by atoms with Crippen molar-refractivity contribution in [1.82, 2.24) is 15.6 Å². The molecule has 0 aliphatic carbocycles. The van der Waals surface area contributed by atoms with E-state index in [-0.39, 0.29) is 24.0 Å². The topological polar surface area (TPSA) is 58.5 Å². The van der Waals surface area contributed by atoms with Crippen LogP contribution in [0.15, 0.2) is 11.2 Å². The van der Waals surface area contributed by atoms with Crippen LogP contribution in [-0.2, 0) is 17.7 Å². The van der Waals surface area contributed by atoms with Crippen LogP contribution < -0.4 is 10.6 Å². The molecule has 104 valence electrons. The van der Waals surface area contributed by atoms with Crippen molar-refractivity contribution in [2.24, 2.45) is 4.99 Å². The SMILES string of the molecule is CCc1cnc(CNC(=NC)NCCOC)s1.I. The minimum Gasteiger partial charge on any atom is -0.383 e. The Labute approximate surface area is 129 Å². The molecular weight excluding hydrogens is 363 g/mol. The van der Waals surface area contributed by atoms with E-state index in [1.807, 2.05) is 6.20 Å². The van der Waals surface area contributed by atoms with Gasteiger partial charge < -0.3 is 15.4 Å². The van der Waals surface area contributed by atoms with Crippen molar-refractivity contribution >= 4 is 41.3 Å². The van der Waals surface area contributed by atoms with Crippen LogP contribution >= 0.6 is 35.3 Å². The number of rotatable bonds is 6. The summed E-state index contributed by atoms with van der Waals surface area (Å²) in [7, 11) is 3.43. The Morgan fingerprint density at radius 1 is 1.50 bits per heavy atom. The number of aryl methyl sites for hydroxylation is 1. The van der Waals surface area contributed by atoms with Crippen LogP contribution in [-0.4, -0.2) is 38.3 Å². The van der Waals surface area contributed by atoms with Crippen molar-refractivity contribution in [3.63, 3.8) is 0 Å². The number of guanidine groups is 1. The van der Waals surface area contributed by atoms with E-state index < -0.39 is 0 Å². The Morgan fingerprint density at radius 3 is 2.83 bits per heavy atom. The van der Waals surface area contributed by atoms with Crippen LogP contribution in [0.3, 0.4) is 0 Å². The summed E-state index contributed by atoms with van der Waals surface area (Å²) in [6.07, 6.45) is 2.97. The van der Waals surface area contributed by atoms with Gasteiger partial charge in [-0.15, -0.1) is 35.3 Å². The number of hydrogen-bond donors (Lipinski definition) is 2. The predicted octanol–water partition coefficient (Wildman–Crippen LogP) is 1.63. The molecule has 0 amide bonds. The van der Waals surface area contributed by atoms with Crippen molar-refractivity contribution in [1.29, 1.82) is 0 Å². The van der Waals surface area contributed by atoms with Crippen LogP contribution in [0, 0.1) is 0 Å². The molecule has 0 fully saturated rings. The Balaban J connectivity index is 0.00000289. The molecule has 1 aromatic heterocycles. The van der Waals surface area contributed by atoms with Crippen LogP contribution in [0.1, 0.15) is 16.8 Å². The molecule has 0 saturated heterocycles. The number of ether oxygens (including phenoxy) is 1. The summed E-state index contributed by atoms with van der Waals surface area (Å²) in [6, 6.07) is 0. The van der Waals surface area contributed by atoms with E-state index in [1.54, 1.807) is 25.5 Å². The first-order valence-corrected chi connectivity index (χ1v) is 6.48. The molecule has 0 spiro atoms. The lowest BCUT2D eigenvalue weighted by atomic mass is 10.4. The molecule has 0 radical (unpaired) electrons. The summed E-state index contributed by atoms with van der Waals surface area (Å²) < 4.78 is 4.96. The predicted molar refractivity (Wildman–Crippen MR) is 87.0 cm³/mol. The maximum Gasteiger partial charge on any atom is 0.191 e. The van der Waals surface area contributed by atoms with Gasteiger partial charge >= 0.3 is 0 Å². The first-order chi connectivity index (χ1) is 8.30. The van der Waals surface area contributed by atoms with E-state index in [0.717, 1.165) is 23.9 Å². The molecule has 2 N–H and O–H groups in total. The Morgan fingerprint density at radius 2 is 2.28 bits per heavy atom. The fourth-order valence-electron chi connectivity index (χ4n) is 1.24. The van der Waals surface area contributed by atoms with Gasteiger partial charge in [0.15, 0.2) is 5.96 Å². The average molecular weight is 384 g/mol. The van der Waals surface area contributed by atoms with Gasteiger partial charge in [0.2, 0.25) is 0 Å². The number of aliphatic imine (C=N–C) groups is 1. The fraction of sp³-hybridized carbons (Fsp3) is 0.636. The highest BCUT2D eigenvalue weighted by Gasteiger charge is 2.02. The summed E-state index contributed by atoms with van der Waals surface area (Å²) in [5, 5.41) is 7.45. The lowest BCUT2D eigenvalue weighted by Crippen LogP contribution is -2.38. The van der Waals surface area contributed by atoms with Gasteiger partial charge in [-0.25, -0.2) is 4.98 Å². The van der Waals surface area contributed by atoms with E-state index in [1.165, 1.54) is 4.88 Å². The largest absolute Gasteiger partial charge is 0.383 e. The van der Waals surface area contributed by atoms with Gasteiger partial charge in [0.25, 0.3) is 0 Å². The van der Waals surface area contributed by atoms with E-state index in [9.17, 15) is 0 Å². The van der Waals surface area contributed by atoms with Gasteiger partial charge in [-0.3, -0.25) is 4.99 Å². The number of nitrogens with one attached hydrogen (secondary N) is 2. The lowest BCUT2D eigenvalue weighted by Gasteiger charge is -2.09. The number of nitrogens with zero attached hydrogens (tertiary/aromatic N) is 2. The maximum atomic E-state index is 4.96. The number of thiazole rings is 1. The number of hydrogen-bond acceptors (Lipinski definition) is 4. The molecule has 1 heterocycles. The summed E-state index contributed by atoms with van der Waals surface area (Å²) in [6.45, 7) is 4.25. The molecule has 5 nitrogen and oxygen atoms in total. The monoisotopic (exact) mass is 384 g/mol. The van der Waals surface area contributed by atoms with E-state index in [2.05, 4.69) is 27.5 Å². The van der Waals surface area contributed by atoms with Crippen LogP contribution in [0.25, 0.3) is 0 Å². The Bertz CT molecular complexity index is 357. The summed E-state index contributed by atoms with van der Waals surface area (Å²) in [5.41, 5.74) is 0. The second-order valence-electron chi connectivity index (χ2n) is 3.42. The molecular formula is C11H21IN4OS. The number of aromatic nitrogens is 1. The second-order valence-corrected chi connectivity index (χ2v) is 4.62. The fourth-order valence-corrected chi connectivity index (χ4v) is 2.05. The van der Waals surface area contributed by atoms with Gasteiger partial charge in [0.05, 0.1) is 13.2 Å². The molecule has 0 aliphatic heterocycles. The molecule has 0 aromatic carbocycles. The van der Waals surface area contributed by atoms with Gasteiger partial charge in [-0.2, -0.15) is 0 Å². The average Bonchev–Trinajstić information content (AvgIpc) is 2.81. The Hall–Kier alpha value is -0.410. The van der Waals surface area contributed by atoms with Crippen molar-refractivity contribution in [2.45, 2.75) is 19.9 Å². The third-order valence-corrected chi connectivity index (χ3v) is 3.32. The summed E-state index contributed by atoms with van der Waals surface area (Å²) in [5.74, 6) is 0.773. The number of methoxy groups -OCH3 is 1. The second kappa shape index (κ2) is 10.5. The minimum absolute atomic E-state index is 0. The van der Waals surface area contributed by atoms with Crippen LogP contribution in [0.2, 0.25) is 0 Å². The zero-order valence-electron chi connectivity index (χ0n) is 11.0. The standard InChI is InChI=1S/C11H20N4OS.HI/c1-4-9-7-14-10(17-9)8-15-11(12-2)13-5-6-16-3;/h7H,4-6,8H2,1-3H3,(H2,12,13,15);1H. The van der Waals surface area contributed by atoms with Gasteiger partial charge in [-0.1, -0.05) is 6.92 Å². The zero-order chi connectivity index (χ0) is 12.5. The van der Waals surface area contributed by atoms with Crippen molar-refractivity contribution < 1.29 is 4.74 Å². The van der Waals surface area contributed by atoms with E-state index in [4.69, 9.17) is 4.74 Å². The molecule has 7 heteroatoms. The van der Waals surface area contributed by atoms with Crippen molar-refractivity contribution in [3.05, 3.63) is 16.1 Å².